The lowest BCUT2D eigenvalue weighted by Crippen LogP contribution is -2.71. The van der Waals surface area contributed by atoms with E-state index in [1.807, 2.05) is 0 Å². The number of rotatable bonds is 8. The molecule has 2 fully saturated rings. The first-order chi connectivity index (χ1) is 17.6. The van der Waals surface area contributed by atoms with Crippen molar-refractivity contribution in [2.45, 2.75) is 36.7 Å². The third kappa shape index (κ3) is 7.72. The molecular weight excluding hydrogens is 670 g/mol. The minimum atomic E-state index is -1.85. The Kier molecular flexibility index (Phi) is 10.4. The van der Waals surface area contributed by atoms with E-state index in [9.17, 15) is 19.2 Å². The number of hydrogen-bond acceptors (Lipinski definition) is 7. The van der Waals surface area contributed by atoms with E-state index >= 15 is 0 Å². The van der Waals surface area contributed by atoms with Crippen molar-refractivity contribution in [1.29, 1.82) is 0 Å². The molecule has 0 aliphatic carbocycles. The Morgan fingerprint density at radius 2 is 1.63 bits per heavy atom. The van der Waals surface area contributed by atoms with E-state index in [2.05, 4.69) is 5.32 Å². The number of hydrogen-bond donors (Lipinski definition) is 1. The molecule has 3 amide bonds. The zero-order valence-corrected chi connectivity index (χ0v) is 25.5. The maximum atomic E-state index is 13.0. The second kappa shape index (κ2) is 12.4. The summed E-state index contributed by atoms with van der Waals surface area (Å²) in [4.78, 5) is 53.8. The van der Waals surface area contributed by atoms with Gasteiger partial charge in [0.25, 0.3) is 0 Å². The lowest BCUT2D eigenvalue weighted by molar-refractivity contribution is -0.164. The van der Waals surface area contributed by atoms with Crippen LogP contribution in [0.25, 0.3) is 0 Å². The molecular formula is C21H20Cl7N3O6S. The van der Waals surface area contributed by atoms with Gasteiger partial charge in [-0.2, -0.15) is 0 Å². The maximum Gasteiger partial charge on any atom is 0.414 e. The third-order valence-corrected chi connectivity index (χ3v) is 8.47. The van der Waals surface area contributed by atoms with Crippen LogP contribution in [0.4, 0.5) is 10.5 Å². The van der Waals surface area contributed by atoms with Crippen LogP contribution in [0.1, 0.15) is 6.92 Å². The van der Waals surface area contributed by atoms with Crippen LogP contribution in [0.3, 0.4) is 0 Å². The second-order valence-corrected chi connectivity index (χ2v) is 15.4. The van der Waals surface area contributed by atoms with Gasteiger partial charge in [0, 0.05) is 11.6 Å². The van der Waals surface area contributed by atoms with E-state index in [-0.39, 0.29) is 5.88 Å². The lowest BCUT2D eigenvalue weighted by atomic mass is 9.96. The van der Waals surface area contributed by atoms with Crippen LogP contribution >= 0.6 is 93.0 Å². The molecule has 1 aromatic carbocycles. The topological polar surface area (TPSA) is 105 Å². The van der Waals surface area contributed by atoms with Crippen LogP contribution in [0.5, 0.6) is 0 Å². The number of fused-ring (bicyclic) bond motifs is 1. The van der Waals surface area contributed by atoms with Gasteiger partial charge < -0.3 is 19.7 Å². The first-order valence-electron chi connectivity index (χ1n) is 10.7. The van der Waals surface area contributed by atoms with Gasteiger partial charge in [-0.15, -0.1) is 23.4 Å². The van der Waals surface area contributed by atoms with Gasteiger partial charge in [0.15, 0.2) is 0 Å². The molecule has 1 N–H and O–H groups in total. The lowest BCUT2D eigenvalue weighted by Gasteiger charge is -2.44. The van der Waals surface area contributed by atoms with Crippen molar-refractivity contribution < 1.29 is 28.7 Å². The Labute approximate surface area is 257 Å². The molecule has 4 atom stereocenters. The summed E-state index contributed by atoms with van der Waals surface area (Å²) < 4.78 is 5.50. The monoisotopic (exact) mass is 687 g/mol. The SMILES string of the molecule is CC1(CCl)S[C@@H]2C(NC(=O)CN(C(=O)OCC(Cl)(Cl)Cl)c3ccccc3)C(=O)N2C1C(=O)OCC(Cl)(Cl)Cl. The minimum absolute atomic E-state index is 0.0109. The zero-order chi connectivity index (χ0) is 28.5. The number of ether oxygens (including phenoxy) is 2. The van der Waals surface area contributed by atoms with E-state index in [1.54, 1.807) is 37.3 Å². The Bertz CT molecular complexity index is 1070. The van der Waals surface area contributed by atoms with Crippen molar-refractivity contribution in [3.63, 3.8) is 0 Å². The molecule has 3 rings (SSSR count). The van der Waals surface area contributed by atoms with Crippen molar-refractivity contribution >= 4 is 123 Å². The smallest absolute Gasteiger partial charge is 0.414 e. The van der Waals surface area contributed by atoms with Gasteiger partial charge in [0.2, 0.25) is 19.4 Å². The van der Waals surface area contributed by atoms with E-state index in [0.717, 1.165) is 4.90 Å². The molecule has 0 spiro atoms. The Hall–Kier alpha value is -0.720. The molecule has 210 valence electrons. The predicted octanol–water partition coefficient (Wildman–Crippen LogP) is 4.68. The Balaban J connectivity index is 1.70. The number of β-lactam (4-membered cyclic amide) rings is 1. The summed E-state index contributed by atoms with van der Waals surface area (Å²) in [5.41, 5.74) is 0.334. The number of thioether (sulfide) groups is 1. The maximum absolute atomic E-state index is 13.0. The predicted molar refractivity (Wildman–Crippen MR) is 150 cm³/mol. The summed E-state index contributed by atoms with van der Waals surface area (Å²) in [5.74, 6) is -2.01. The van der Waals surface area contributed by atoms with E-state index < -0.39 is 73.4 Å². The van der Waals surface area contributed by atoms with Crippen molar-refractivity contribution in [1.82, 2.24) is 10.2 Å². The van der Waals surface area contributed by atoms with Crippen molar-refractivity contribution in [2.24, 2.45) is 0 Å². The molecule has 2 saturated heterocycles. The first-order valence-corrected chi connectivity index (χ1v) is 14.4. The van der Waals surface area contributed by atoms with Crippen LogP contribution in [0.15, 0.2) is 30.3 Å². The second-order valence-electron chi connectivity index (χ2n) is 8.46. The fraction of sp³-hybridized carbons (Fsp3) is 0.524. The molecule has 38 heavy (non-hydrogen) atoms. The van der Waals surface area contributed by atoms with Gasteiger partial charge in [-0.3, -0.25) is 14.5 Å². The van der Waals surface area contributed by atoms with Gasteiger partial charge in [-0.25, -0.2) is 9.59 Å². The molecule has 2 heterocycles. The average Bonchev–Trinajstić information content (AvgIpc) is 3.12. The number of para-hydroxylation sites is 1. The number of carbonyl (C=O) groups excluding carboxylic acids is 4. The average molecular weight is 691 g/mol. The van der Waals surface area contributed by atoms with Gasteiger partial charge in [-0.05, 0) is 19.1 Å². The highest BCUT2D eigenvalue weighted by atomic mass is 35.6. The highest BCUT2D eigenvalue weighted by molar-refractivity contribution is 8.01. The summed E-state index contributed by atoms with van der Waals surface area (Å²) in [6, 6.07) is 6.12. The molecule has 0 radical (unpaired) electrons. The van der Waals surface area contributed by atoms with Gasteiger partial charge in [0.05, 0.1) is 4.75 Å². The van der Waals surface area contributed by atoms with Crippen molar-refractivity contribution in [3.05, 3.63) is 30.3 Å². The van der Waals surface area contributed by atoms with Crippen molar-refractivity contribution in [3.8, 4) is 0 Å². The van der Waals surface area contributed by atoms with Crippen LogP contribution in [0, 0.1) is 0 Å². The number of halogens is 7. The van der Waals surface area contributed by atoms with Crippen molar-refractivity contribution in [2.75, 3.05) is 30.5 Å². The summed E-state index contributed by atoms with van der Waals surface area (Å²) >= 11 is 41.3. The Morgan fingerprint density at radius 1 is 1.05 bits per heavy atom. The highest BCUT2D eigenvalue weighted by Crippen LogP contribution is 2.52. The number of esters is 1. The molecule has 9 nitrogen and oxygen atoms in total. The summed E-state index contributed by atoms with van der Waals surface area (Å²) in [7, 11) is 0. The van der Waals surface area contributed by atoms with Crippen LogP contribution in [-0.4, -0.2) is 84.2 Å². The molecule has 17 heteroatoms. The van der Waals surface area contributed by atoms with E-state index in [0.29, 0.717) is 5.69 Å². The van der Waals surface area contributed by atoms with E-state index in [1.165, 1.54) is 16.7 Å². The van der Waals surface area contributed by atoms with Gasteiger partial charge >= 0.3 is 12.1 Å². The van der Waals surface area contributed by atoms with E-state index in [4.69, 9.17) is 90.7 Å². The summed E-state index contributed by atoms with van der Waals surface area (Å²) in [6.45, 7) is 0.106. The number of benzene rings is 1. The van der Waals surface area contributed by atoms with Crippen LogP contribution in [0.2, 0.25) is 0 Å². The zero-order valence-electron chi connectivity index (χ0n) is 19.3. The molecule has 0 aromatic heterocycles. The number of alkyl halides is 7. The van der Waals surface area contributed by atoms with Crippen LogP contribution in [-0.2, 0) is 23.9 Å². The largest absolute Gasteiger partial charge is 0.460 e. The molecule has 0 bridgehead atoms. The fourth-order valence-electron chi connectivity index (χ4n) is 3.81. The molecule has 3 unspecified atom stereocenters. The number of nitrogens with one attached hydrogen (secondary N) is 1. The van der Waals surface area contributed by atoms with Gasteiger partial charge in [-0.1, -0.05) is 87.8 Å². The minimum Gasteiger partial charge on any atom is -0.460 e. The first kappa shape index (κ1) is 31.8. The molecule has 1 aromatic rings. The molecule has 2 aliphatic heterocycles. The number of anilines is 1. The highest BCUT2D eigenvalue weighted by Gasteiger charge is 2.65. The number of nitrogens with zero attached hydrogens (tertiary/aromatic N) is 2. The number of carbonyl (C=O) groups is 4. The number of amides is 3. The summed E-state index contributed by atoms with van der Waals surface area (Å²) in [6.07, 6.45) is -0.944. The van der Waals surface area contributed by atoms with Gasteiger partial charge in [0.1, 0.15) is 37.2 Å². The quantitative estimate of drug-likeness (QED) is 0.240. The van der Waals surface area contributed by atoms with Crippen LogP contribution < -0.4 is 10.2 Å². The Morgan fingerprint density at radius 3 is 2.18 bits per heavy atom. The molecule has 0 saturated carbocycles. The fourth-order valence-corrected chi connectivity index (χ4v) is 6.08. The standard InChI is InChI=1S/C21H20Cl7N3O6S/c1-19(8-22)14(17(34)36-9-20(23,24)25)31-15(33)13(16(31)38-19)29-12(32)7-30(11-5-3-2-4-6-11)18(35)37-10-21(26,27)28/h2-6,13-14,16H,7-10H2,1H3,(H,29,32)/t13?,14?,16-,19?/m1/s1. The molecule has 2 aliphatic rings. The summed E-state index contributed by atoms with van der Waals surface area (Å²) in [5, 5.41) is 1.98. The third-order valence-electron chi connectivity index (χ3n) is 5.46. The normalized spacial score (nSPS) is 24.8.